The number of hydrogen-bond acceptors (Lipinski definition) is 5. The lowest BCUT2D eigenvalue weighted by Crippen LogP contribution is -2.45. The molecule has 0 saturated carbocycles. The Morgan fingerprint density at radius 2 is 1.89 bits per heavy atom. The SMILES string of the molecule is CCN(CC)Cc1nc(C2(O)CCN(C(=O)c3ccc(F)cc3)CC2)cs1. The number of benzene rings is 1. The van der Waals surface area contributed by atoms with Gasteiger partial charge in [0.15, 0.2) is 0 Å². The van der Waals surface area contributed by atoms with Crippen LogP contribution in [0.3, 0.4) is 0 Å². The number of aliphatic hydroxyl groups is 1. The molecule has 0 unspecified atom stereocenters. The Bertz CT molecular complexity index is 766. The first-order valence-electron chi connectivity index (χ1n) is 9.39. The van der Waals surface area contributed by atoms with Gasteiger partial charge in [-0.3, -0.25) is 9.69 Å². The zero-order valence-corrected chi connectivity index (χ0v) is 16.6. The molecule has 0 aliphatic carbocycles. The van der Waals surface area contributed by atoms with E-state index < -0.39 is 5.60 Å². The van der Waals surface area contributed by atoms with E-state index >= 15 is 0 Å². The summed E-state index contributed by atoms with van der Waals surface area (Å²) < 4.78 is 13.0. The van der Waals surface area contributed by atoms with Gasteiger partial charge in [-0.1, -0.05) is 13.8 Å². The van der Waals surface area contributed by atoms with Crippen molar-refractivity contribution < 1.29 is 14.3 Å². The number of halogens is 1. The number of aromatic nitrogens is 1. The third kappa shape index (κ3) is 4.54. The molecule has 1 aliphatic heterocycles. The molecule has 0 spiro atoms. The van der Waals surface area contributed by atoms with E-state index in [2.05, 4.69) is 23.7 Å². The van der Waals surface area contributed by atoms with Crippen LogP contribution in [0.5, 0.6) is 0 Å². The number of likely N-dealkylation sites (tertiary alicyclic amines) is 1. The Hall–Kier alpha value is -1.83. The van der Waals surface area contributed by atoms with Crippen molar-refractivity contribution in [1.29, 1.82) is 0 Å². The first kappa shape index (κ1) is 19.9. The fraction of sp³-hybridized carbons (Fsp3) is 0.500. The van der Waals surface area contributed by atoms with Crippen LogP contribution in [-0.4, -0.2) is 52.0 Å². The van der Waals surface area contributed by atoms with Crippen molar-refractivity contribution >= 4 is 17.2 Å². The second-order valence-corrected chi connectivity index (χ2v) is 7.86. The summed E-state index contributed by atoms with van der Waals surface area (Å²) in [5.74, 6) is -0.485. The van der Waals surface area contributed by atoms with Crippen molar-refractivity contribution in [3.63, 3.8) is 0 Å². The molecule has 0 radical (unpaired) electrons. The van der Waals surface area contributed by atoms with Crippen LogP contribution in [0.15, 0.2) is 29.6 Å². The van der Waals surface area contributed by atoms with Crippen molar-refractivity contribution in [1.82, 2.24) is 14.8 Å². The lowest BCUT2D eigenvalue weighted by molar-refractivity contribution is -0.0241. The predicted molar refractivity (Wildman–Crippen MR) is 104 cm³/mol. The average Bonchev–Trinajstić information content (AvgIpc) is 3.16. The monoisotopic (exact) mass is 391 g/mol. The first-order chi connectivity index (χ1) is 12.9. The molecular weight excluding hydrogens is 365 g/mol. The van der Waals surface area contributed by atoms with Gasteiger partial charge in [0.1, 0.15) is 16.4 Å². The molecule has 1 fully saturated rings. The standard InChI is InChI=1S/C20H26FN3O2S/c1-3-23(4-2)13-18-22-17(14-27-18)20(26)9-11-24(12-10-20)19(25)15-5-7-16(21)8-6-15/h5-8,14,26H,3-4,9-13H2,1-2H3. The lowest BCUT2D eigenvalue weighted by atomic mass is 9.88. The number of carbonyl (C=O) groups is 1. The maximum atomic E-state index is 13.0. The molecule has 1 aromatic heterocycles. The van der Waals surface area contributed by atoms with Crippen LogP contribution in [0, 0.1) is 5.82 Å². The minimum atomic E-state index is -0.989. The van der Waals surface area contributed by atoms with Gasteiger partial charge in [0, 0.05) is 24.0 Å². The lowest BCUT2D eigenvalue weighted by Gasteiger charge is -2.37. The van der Waals surface area contributed by atoms with Crippen molar-refractivity contribution in [3.8, 4) is 0 Å². The fourth-order valence-electron chi connectivity index (χ4n) is 3.35. The van der Waals surface area contributed by atoms with E-state index in [1.807, 2.05) is 5.38 Å². The summed E-state index contributed by atoms with van der Waals surface area (Å²) in [7, 11) is 0. The summed E-state index contributed by atoms with van der Waals surface area (Å²) in [6.07, 6.45) is 0.906. The number of piperidine rings is 1. The molecule has 27 heavy (non-hydrogen) atoms. The third-order valence-electron chi connectivity index (χ3n) is 5.25. The number of nitrogens with zero attached hydrogens (tertiary/aromatic N) is 3. The molecule has 1 aromatic carbocycles. The van der Waals surface area contributed by atoms with Gasteiger partial charge >= 0.3 is 0 Å². The number of hydrogen-bond donors (Lipinski definition) is 1. The molecular formula is C20H26FN3O2S. The maximum Gasteiger partial charge on any atom is 0.253 e. The van der Waals surface area contributed by atoms with Crippen molar-refractivity contribution in [2.24, 2.45) is 0 Å². The van der Waals surface area contributed by atoms with E-state index in [9.17, 15) is 14.3 Å². The largest absolute Gasteiger partial charge is 0.383 e. The van der Waals surface area contributed by atoms with Crippen molar-refractivity contribution in [3.05, 3.63) is 51.7 Å². The molecule has 0 bridgehead atoms. The summed E-state index contributed by atoms with van der Waals surface area (Å²) in [6, 6.07) is 5.58. The summed E-state index contributed by atoms with van der Waals surface area (Å²) in [6.45, 7) is 7.89. The first-order valence-corrected chi connectivity index (χ1v) is 10.3. The molecule has 146 valence electrons. The normalized spacial score (nSPS) is 16.7. The molecule has 1 aliphatic rings. The number of carbonyl (C=O) groups excluding carboxylic acids is 1. The maximum absolute atomic E-state index is 13.0. The van der Waals surface area contributed by atoms with E-state index in [0.29, 0.717) is 37.2 Å². The zero-order valence-electron chi connectivity index (χ0n) is 15.8. The number of amides is 1. The van der Waals surface area contributed by atoms with Gasteiger partial charge in [-0.2, -0.15) is 0 Å². The molecule has 3 rings (SSSR count). The number of rotatable bonds is 6. The van der Waals surface area contributed by atoms with Crippen LogP contribution in [-0.2, 0) is 12.1 Å². The Labute approximate surface area is 163 Å². The van der Waals surface area contributed by atoms with Gasteiger partial charge in [-0.05, 0) is 50.2 Å². The fourth-order valence-corrected chi connectivity index (χ4v) is 4.27. The van der Waals surface area contributed by atoms with Crippen LogP contribution in [0.2, 0.25) is 0 Å². The van der Waals surface area contributed by atoms with Gasteiger partial charge in [0.05, 0.1) is 12.2 Å². The highest BCUT2D eigenvalue weighted by molar-refractivity contribution is 7.09. The Balaban J connectivity index is 1.63. The Morgan fingerprint density at radius 1 is 1.26 bits per heavy atom. The van der Waals surface area contributed by atoms with Crippen molar-refractivity contribution in [2.75, 3.05) is 26.2 Å². The third-order valence-corrected chi connectivity index (χ3v) is 6.08. The van der Waals surface area contributed by atoms with Gasteiger partial charge in [0.25, 0.3) is 5.91 Å². The Kier molecular flexibility index (Phi) is 6.24. The van der Waals surface area contributed by atoms with E-state index in [1.165, 1.54) is 24.3 Å². The van der Waals surface area contributed by atoms with Gasteiger partial charge in [0.2, 0.25) is 0 Å². The van der Waals surface area contributed by atoms with E-state index in [4.69, 9.17) is 0 Å². The van der Waals surface area contributed by atoms with E-state index in [1.54, 1.807) is 16.2 Å². The molecule has 7 heteroatoms. The molecule has 1 amide bonds. The Morgan fingerprint density at radius 3 is 2.48 bits per heavy atom. The summed E-state index contributed by atoms with van der Waals surface area (Å²) in [5, 5.41) is 14.0. The van der Waals surface area contributed by atoms with Gasteiger partial charge < -0.3 is 10.0 Å². The second-order valence-electron chi connectivity index (χ2n) is 6.92. The van der Waals surface area contributed by atoms with E-state index in [-0.39, 0.29) is 11.7 Å². The summed E-state index contributed by atoms with van der Waals surface area (Å²) >= 11 is 1.58. The highest BCUT2D eigenvalue weighted by atomic mass is 32.1. The second kappa shape index (κ2) is 8.46. The number of thiazole rings is 1. The summed E-state index contributed by atoms with van der Waals surface area (Å²) in [4.78, 5) is 21.2. The minimum Gasteiger partial charge on any atom is -0.383 e. The van der Waals surface area contributed by atoms with Gasteiger partial charge in [-0.15, -0.1) is 11.3 Å². The molecule has 1 N–H and O–H groups in total. The smallest absolute Gasteiger partial charge is 0.253 e. The van der Waals surface area contributed by atoms with Crippen LogP contribution >= 0.6 is 11.3 Å². The highest BCUT2D eigenvalue weighted by Gasteiger charge is 2.37. The van der Waals surface area contributed by atoms with E-state index in [0.717, 1.165) is 24.6 Å². The molecule has 2 aromatic rings. The molecule has 1 saturated heterocycles. The van der Waals surface area contributed by atoms with Crippen LogP contribution in [0.25, 0.3) is 0 Å². The summed E-state index contributed by atoms with van der Waals surface area (Å²) in [5.41, 5.74) is 0.193. The quantitative estimate of drug-likeness (QED) is 0.821. The van der Waals surface area contributed by atoms with Crippen molar-refractivity contribution in [2.45, 2.75) is 38.8 Å². The van der Waals surface area contributed by atoms with Gasteiger partial charge in [-0.25, -0.2) is 9.37 Å². The predicted octanol–water partition coefficient (Wildman–Crippen LogP) is 3.25. The average molecular weight is 392 g/mol. The topological polar surface area (TPSA) is 56.7 Å². The molecule has 5 nitrogen and oxygen atoms in total. The van der Waals surface area contributed by atoms with Crippen LogP contribution in [0.4, 0.5) is 4.39 Å². The molecule has 0 atom stereocenters. The zero-order chi connectivity index (χ0) is 19.4. The molecule has 2 heterocycles. The highest BCUT2D eigenvalue weighted by Crippen LogP contribution is 2.34. The van der Waals surface area contributed by atoms with Crippen LogP contribution in [0.1, 0.15) is 47.7 Å². The van der Waals surface area contributed by atoms with Crippen LogP contribution < -0.4 is 0 Å². The minimum absolute atomic E-state index is 0.127.